The molecule has 4 nitrogen and oxygen atoms in total. The summed E-state index contributed by atoms with van der Waals surface area (Å²) < 4.78 is 5.36. The van der Waals surface area contributed by atoms with Crippen molar-refractivity contribution in [2.45, 2.75) is 50.9 Å². The van der Waals surface area contributed by atoms with Crippen molar-refractivity contribution in [3.63, 3.8) is 0 Å². The molecule has 4 heteroatoms. The molecule has 2 N–H and O–H groups in total. The van der Waals surface area contributed by atoms with E-state index in [-0.39, 0.29) is 0 Å². The average molecular weight is 370 g/mol. The van der Waals surface area contributed by atoms with Crippen molar-refractivity contribution in [2.24, 2.45) is 22.2 Å². The van der Waals surface area contributed by atoms with Gasteiger partial charge < -0.3 is 15.4 Å². The number of nitrogens with one attached hydrogen (secondary N) is 2. The summed E-state index contributed by atoms with van der Waals surface area (Å²) in [6.45, 7) is 2.91. The van der Waals surface area contributed by atoms with Crippen LogP contribution in [0.5, 0.6) is 0 Å². The van der Waals surface area contributed by atoms with E-state index in [1.165, 1.54) is 38.5 Å². The molecule has 0 radical (unpaired) electrons. The zero-order valence-electron chi connectivity index (χ0n) is 17.0. The predicted molar refractivity (Wildman–Crippen MR) is 111 cm³/mol. The van der Waals surface area contributed by atoms with Gasteiger partial charge in [-0.15, -0.1) is 0 Å². The van der Waals surface area contributed by atoms with Gasteiger partial charge in [-0.25, -0.2) is 0 Å². The zero-order chi connectivity index (χ0) is 18.7. The van der Waals surface area contributed by atoms with Crippen molar-refractivity contribution < 1.29 is 4.74 Å². The van der Waals surface area contributed by atoms with E-state index in [0.717, 1.165) is 49.8 Å². The Kier molecular flexibility index (Phi) is 5.72. The van der Waals surface area contributed by atoms with Gasteiger partial charge in [0.15, 0.2) is 5.96 Å². The maximum absolute atomic E-state index is 5.36. The number of nitrogens with zero attached hydrogens (tertiary/aromatic N) is 1. The largest absolute Gasteiger partial charge is 0.385 e. The highest BCUT2D eigenvalue weighted by Crippen LogP contribution is 2.59. The Labute approximate surface area is 164 Å². The molecule has 3 aliphatic rings. The molecular formula is C23H35N3O. The van der Waals surface area contributed by atoms with Crippen LogP contribution in [-0.4, -0.2) is 39.8 Å². The van der Waals surface area contributed by atoms with Crippen LogP contribution in [0, 0.1) is 17.3 Å². The van der Waals surface area contributed by atoms with Gasteiger partial charge in [-0.3, -0.25) is 4.99 Å². The third kappa shape index (κ3) is 4.01. The lowest BCUT2D eigenvalue weighted by Gasteiger charge is -2.30. The van der Waals surface area contributed by atoms with Gasteiger partial charge in [0.2, 0.25) is 0 Å². The minimum Gasteiger partial charge on any atom is -0.385 e. The number of guanidine groups is 1. The van der Waals surface area contributed by atoms with Crippen LogP contribution in [0.1, 0.15) is 55.6 Å². The average Bonchev–Trinajstić information content (AvgIpc) is 3.23. The molecule has 4 rings (SSSR count). The molecule has 0 aromatic heterocycles. The second kappa shape index (κ2) is 8.22. The van der Waals surface area contributed by atoms with Crippen molar-refractivity contribution in [1.82, 2.24) is 10.6 Å². The second-order valence-electron chi connectivity index (χ2n) is 8.85. The normalized spacial score (nSPS) is 28.4. The van der Waals surface area contributed by atoms with Crippen molar-refractivity contribution in [2.75, 3.05) is 33.9 Å². The molecule has 27 heavy (non-hydrogen) atoms. The lowest BCUT2D eigenvalue weighted by atomic mass is 9.83. The van der Waals surface area contributed by atoms with Crippen molar-refractivity contribution >= 4 is 5.96 Å². The standard InChI is InChI=1S/C23H35N3O/c1-24-22(26-16-23(13-14-27-2)11-5-6-12-23)25-15-20-19-10-9-17-7-3-4-8-18(17)21(19)20/h3-4,7-8,19-21H,5-6,9-16H2,1-2H3,(H2,24,25,26). The Hall–Kier alpha value is -1.55. The fraction of sp³-hybridized carbons (Fsp3) is 0.696. The fourth-order valence-electron chi connectivity index (χ4n) is 5.65. The predicted octanol–water partition coefficient (Wildman–Crippen LogP) is 3.72. The van der Waals surface area contributed by atoms with Gasteiger partial charge in [-0.2, -0.15) is 0 Å². The topological polar surface area (TPSA) is 45.7 Å². The highest BCUT2D eigenvalue weighted by molar-refractivity contribution is 5.79. The lowest BCUT2D eigenvalue weighted by Crippen LogP contribution is -2.44. The Bertz CT molecular complexity index is 665. The van der Waals surface area contributed by atoms with Crippen LogP contribution < -0.4 is 10.6 Å². The van der Waals surface area contributed by atoms with E-state index >= 15 is 0 Å². The molecule has 3 unspecified atom stereocenters. The molecule has 3 aliphatic carbocycles. The zero-order valence-corrected chi connectivity index (χ0v) is 17.0. The third-order valence-corrected chi connectivity index (χ3v) is 7.35. The van der Waals surface area contributed by atoms with E-state index in [1.807, 2.05) is 14.2 Å². The fourth-order valence-corrected chi connectivity index (χ4v) is 5.65. The molecule has 0 bridgehead atoms. The van der Waals surface area contributed by atoms with Gasteiger partial charge in [0.05, 0.1) is 0 Å². The maximum atomic E-state index is 5.36. The second-order valence-corrected chi connectivity index (χ2v) is 8.85. The Morgan fingerprint density at radius 2 is 2.04 bits per heavy atom. The molecule has 0 saturated heterocycles. The van der Waals surface area contributed by atoms with E-state index in [0.29, 0.717) is 5.41 Å². The first-order chi connectivity index (χ1) is 13.3. The van der Waals surface area contributed by atoms with Crippen LogP contribution in [0.25, 0.3) is 0 Å². The van der Waals surface area contributed by atoms with Gasteiger partial charge in [0.1, 0.15) is 0 Å². The summed E-state index contributed by atoms with van der Waals surface area (Å²) in [6.07, 6.45) is 9.07. The number of fused-ring (bicyclic) bond motifs is 3. The van der Waals surface area contributed by atoms with Crippen LogP contribution in [-0.2, 0) is 11.2 Å². The van der Waals surface area contributed by atoms with Crippen LogP contribution >= 0.6 is 0 Å². The molecule has 2 saturated carbocycles. The highest BCUT2D eigenvalue weighted by atomic mass is 16.5. The summed E-state index contributed by atoms with van der Waals surface area (Å²) >= 11 is 0. The van der Waals surface area contributed by atoms with Crippen LogP contribution in [0.3, 0.4) is 0 Å². The van der Waals surface area contributed by atoms with Crippen molar-refractivity contribution in [3.05, 3.63) is 35.4 Å². The molecule has 2 fully saturated rings. The van der Waals surface area contributed by atoms with E-state index in [2.05, 4.69) is 39.9 Å². The maximum Gasteiger partial charge on any atom is 0.191 e. The SMILES string of the molecule is CN=C(NCC1C2CCc3ccccc3C21)NCC1(CCOC)CCCC1. The lowest BCUT2D eigenvalue weighted by molar-refractivity contribution is 0.138. The van der Waals surface area contributed by atoms with Crippen LogP contribution in [0.15, 0.2) is 29.3 Å². The number of rotatable bonds is 7. The molecule has 0 aliphatic heterocycles. The number of ether oxygens (including phenoxy) is 1. The first-order valence-corrected chi connectivity index (χ1v) is 10.8. The Balaban J connectivity index is 1.28. The van der Waals surface area contributed by atoms with E-state index in [4.69, 9.17) is 4.74 Å². The molecule has 1 aromatic rings. The molecule has 0 heterocycles. The van der Waals surface area contributed by atoms with Gasteiger partial charge in [0.25, 0.3) is 0 Å². The van der Waals surface area contributed by atoms with E-state index in [1.54, 1.807) is 11.1 Å². The molecule has 3 atom stereocenters. The quantitative estimate of drug-likeness (QED) is 0.569. The third-order valence-electron chi connectivity index (χ3n) is 7.35. The highest BCUT2D eigenvalue weighted by Gasteiger charge is 2.52. The van der Waals surface area contributed by atoms with Gasteiger partial charge >= 0.3 is 0 Å². The minimum atomic E-state index is 0.389. The number of aryl methyl sites for hydroxylation is 1. The van der Waals surface area contributed by atoms with E-state index in [9.17, 15) is 0 Å². The van der Waals surface area contributed by atoms with Crippen molar-refractivity contribution in [3.8, 4) is 0 Å². The summed E-state index contributed by atoms with van der Waals surface area (Å²) in [5, 5.41) is 7.25. The molecular weight excluding hydrogens is 334 g/mol. The minimum absolute atomic E-state index is 0.389. The number of hydrogen-bond donors (Lipinski definition) is 2. The van der Waals surface area contributed by atoms with Gasteiger partial charge in [-0.1, -0.05) is 37.1 Å². The smallest absolute Gasteiger partial charge is 0.191 e. The van der Waals surface area contributed by atoms with Crippen LogP contribution in [0.4, 0.5) is 0 Å². The molecule has 0 spiro atoms. The number of hydrogen-bond acceptors (Lipinski definition) is 2. The van der Waals surface area contributed by atoms with Gasteiger partial charge in [0, 0.05) is 33.9 Å². The Morgan fingerprint density at radius 1 is 1.22 bits per heavy atom. The monoisotopic (exact) mass is 369 g/mol. The molecule has 148 valence electrons. The first-order valence-electron chi connectivity index (χ1n) is 10.8. The summed E-state index contributed by atoms with van der Waals surface area (Å²) in [5.74, 6) is 3.37. The summed E-state index contributed by atoms with van der Waals surface area (Å²) in [5.41, 5.74) is 3.57. The number of benzene rings is 1. The number of aliphatic imine (C=N–C) groups is 1. The summed E-state index contributed by atoms with van der Waals surface area (Å²) in [7, 11) is 3.70. The number of methoxy groups -OCH3 is 1. The summed E-state index contributed by atoms with van der Waals surface area (Å²) in [6, 6.07) is 9.05. The Morgan fingerprint density at radius 3 is 2.81 bits per heavy atom. The molecule has 1 aromatic carbocycles. The van der Waals surface area contributed by atoms with Crippen LogP contribution in [0.2, 0.25) is 0 Å². The summed E-state index contributed by atoms with van der Waals surface area (Å²) in [4.78, 5) is 4.48. The molecule has 0 amide bonds. The first kappa shape index (κ1) is 18.8. The van der Waals surface area contributed by atoms with E-state index < -0.39 is 0 Å². The van der Waals surface area contributed by atoms with Gasteiger partial charge in [-0.05, 0) is 66.4 Å². The van der Waals surface area contributed by atoms with Crippen molar-refractivity contribution in [1.29, 1.82) is 0 Å².